The minimum absolute atomic E-state index is 0.0146. The summed E-state index contributed by atoms with van der Waals surface area (Å²) < 4.78 is 29.1. The Balaban J connectivity index is 1.16. The van der Waals surface area contributed by atoms with Crippen LogP contribution in [0.25, 0.3) is 11.0 Å². The van der Waals surface area contributed by atoms with Crippen molar-refractivity contribution in [1.29, 1.82) is 0 Å². The van der Waals surface area contributed by atoms with Crippen molar-refractivity contribution in [1.82, 2.24) is 25.2 Å². The van der Waals surface area contributed by atoms with Crippen LogP contribution in [0.15, 0.2) is 41.3 Å². The van der Waals surface area contributed by atoms with E-state index in [1.165, 1.54) is 12.1 Å². The molecular weight excluding hydrogens is 506 g/mol. The van der Waals surface area contributed by atoms with Crippen LogP contribution in [0.2, 0.25) is 5.02 Å². The van der Waals surface area contributed by atoms with Gasteiger partial charge < -0.3 is 14.5 Å². The molecule has 2 amide bonds. The van der Waals surface area contributed by atoms with Crippen LogP contribution in [-0.4, -0.2) is 78.1 Å². The molecule has 190 valence electrons. The van der Waals surface area contributed by atoms with Gasteiger partial charge in [-0.25, -0.2) is 13.2 Å². The first-order chi connectivity index (χ1) is 17.2. The number of aromatic nitrogens is 3. The number of halogens is 1. The van der Waals surface area contributed by atoms with E-state index in [9.17, 15) is 18.0 Å². The maximum atomic E-state index is 13.1. The molecule has 2 fully saturated rings. The summed E-state index contributed by atoms with van der Waals surface area (Å²) in [5.41, 5.74) is 2.56. The number of sulfone groups is 1. The largest absolute Gasteiger partial charge is 0.445 e. The molecule has 0 spiro atoms. The summed E-state index contributed by atoms with van der Waals surface area (Å²) in [6.45, 7) is 2.32. The Bertz CT molecular complexity index is 1410. The molecule has 1 N–H and O–H groups in total. The predicted molar refractivity (Wildman–Crippen MR) is 132 cm³/mol. The van der Waals surface area contributed by atoms with Crippen LogP contribution >= 0.6 is 11.6 Å². The van der Waals surface area contributed by atoms with Gasteiger partial charge >= 0.3 is 6.09 Å². The third kappa shape index (κ3) is 5.17. The number of benzene rings is 2. The van der Waals surface area contributed by atoms with Gasteiger partial charge in [-0.05, 0) is 66.6 Å². The van der Waals surface area contributed by atoms with Crippen LogP contribution in [0.5, 0.6) is 0 Å². The van der Waals surface area contributed by atoms with Gasteiger partial charge in [-0.2, -0.15) is 0 Å². The molecule has 0 saturated carbocycles. The quantitative estimate of drug-likeness (QED) is 0.548. The number of ether oxygens (including phenoxy) is 1. The normalized spacial score (nSPS) is 20.3. The van der Waals surface area contributed by atoms with Gasteiger partial charge in [0.25, 0.3) is 5.91 Å². The van der Waals surface area contributed by atoms with E-state index in [4.69, 9.17) is 16.3 Å². The zero-order valence-corrected chi connectivity index (χ0v) is 21.3. The van der Waals surface area contributed by atoms with Crippen molar-refractivity contribution in [2.24, 2.45) is 11.8 Å². The third-order valence-corrected chi connectivity index (χ3v) is 8.27. The van der Waals surface area contributed by atoms with E-state index in [-0.39, 0.29) is 22.4 Å². The lowest BCUT2D eigenvalue weighted by Crippen LogP contribution is -2.34. The van der Waals surface area contributed by atoms with E-state index >= 15 is 0 Å². The van der Waals surface area contributed by atoms with Crippen molar-refractivity contribution >= 4 is 44.5 Å². The molecule has 0 unspecified atom stereocenters. The number of hydrogen-bond donors (Lipinski definition) is 1. The Morgan fingerprint density at radius 2 is 1.81 bits per heavy atom. The molecule has 0 bridgehead atoms. The topological polar surface area (TPSA) is 126 Å². The molecule has 36 heavy (non-hydrogen) atoms. The van der Waals surface area contributed by atoms with Gasteiger partial charge in [0.1, 0.15) is 12.1 Å². The van der Waals surface area contributed by atoms with E-state index < -0.39 is 15.9 Å². The van der Waals surface area contributed by atoms with Gasteiger partial charge in [-0.3, -0.25) is 9.89 Å². The molecule has 2 aliphatic rings. The van der Waals surface area contributed by atoms with Crippen molar-refractivity contribution in [3.05, 3.63) is 52.5 Å². The fourth-order valence-corrected chi connectivity index (χ4v) is 6.04. The van der Waals surface area contributed by atoms with E-state index in [0.717, 1.165) is 24.6 Å². The van der Waals surface area contributed by atoms with Crippen molar-refractivity contribution < 1.29 is 22.7 Å². The van der Waals surface area contributed by atoms with Gasteiger partial charge in [-0.1, -0.05) is 16.8 Å². The molecular formula is C24H26ClN5O5S. The minimum Gasteiger partial charge on any atom is -0.445 e. The summed E-state index contributed by atoms with van der Waals surface area (Å²) in [5, 5.41) is 10.8. The Morgan fingerprint density at radius 1 is 1.08 bits per heavy atom. The van der Waals surface area contributed by atoms with Gasteiger partial charge in [0.05, 0.1) is 10.4 Å². The first-order valence-corrected chi connectivity index (χ1v) is 14.0. The second-order valence-electron chi connectivity index (χ2n) is 9.46. The standard InChI is InChI=1S/C24H26ClN5O5S/c1-36(33,34)20-9-15(8-19(25)11-20)14-35-24(32)29-6-4-17-12-30(13-18(17)5-7-29)23(31)16-2-3-21-22(10-16)27-28-26-21/h2-3,8-11,17-18H,4-7,12-14H2,1H3,(H,26,27,28)/t17-,18+. The highest BCUT2D eigenvalue weighted by molar-refractivity contribution is 7.90. The molecule has 2 saturated heterocycles. The van der Waals surface area contributed by atoms with E-state index in [1.807, 2.05) is 11.0 Å². The summed E-state index contributed by atoms with van der Waals surface area (Å²) in [6, 6.07) is 9.78. The van der Waals surface area contributed by atoms with Gasteiger partial charge in [-0.15, -0.1) is 5.10 Å². The molecule has 3 aromatic rings. The lowest BCUT2D eigenvalue weighted by Gasteiger charge is -2.22. The first-order valence-electron chi connectivity index (χ1n) is 11.7. The van der Waals surface area contributed by atoms with E-state index in [0.29, 0.717) is 54.7 Å². The van der Waals surface area contributed by atoms with Crippen LogP contribution in [0.4, 0.5) is 4.79 Å². The number of aromatic amines is 1. The molecule has 12 heteroatoms. The summed E-state index contributed by atoms with van der Waals surface area (Å²) in [6.07, 6.45) is 2.22. The molecule has 5 rings (SSSR count). The Kier molecular flexibility index (Phi) is 6.60. The SMILES string of the molecule is CS(=O)(=O)c1cc(Cl)cc(COC(=O)N2CC[C@@H]3CN(C(=O)c4ccc5[nH]nnc5c4)C[C@@H]3CC2)c1. The van der Waals surface area contributed by atoms with Gasteiger partial charge in [0.2, 0.25) is 0 Å². The second kappa shape index (κ2) is 9.70. The number of carbonyl (C=O) groups excluding carboxylic acids is 2. The summed E-state index contributed by atoms with van der Waals surface area (Å²) >= 11 is 6.04. The van der Waals surface area contributed by atoms with Crippen molar-refractivity contribution in [2.45, 2.75) is 24.3 Å². The van der Waals surface area contributed by atoms with Crippen LogP contribution < -0.4 is 0 Å². The summed E-state index contributed by atoms with van der Waals surface area (Å²) in [7, 11) is -3.43. The van der Waals surface area contributed by atoms with Crippen molar-refractivity contribution in [3.63, 3.8) is 0 Å². The number of H-pyrrole nitrogens is 1. The lowest BCUT2D eigenvalue weighted by molar-refractivity contribution is 0.0772. The van der Waals surface area contributed by atoms with E-state index in [1.54, 1.807) is 23.1 Å². The fraction of sp³-hybridized carbons (Fsp3) is 0.417. The predicted octanol–water partition coefficient (Wildman–Crippen LogP) is 3.14. The maximum absolute atomic E-state index is 13.1. The lowest BCUT2D eigenvalue weighted by atomic mass is 9.92. The maximum Gasteiger partial charge on any atom is 0.410 e. The number of nitrogens with zero attached hydrogens (tertiary/aromatic N) is 4. The zero-order chi connectivity index (χ0) is 25.4. The number of nitrogens with one attached hydrogen (secondary N) is 1. The van der Waals surface area contributed by atoms with Crippen molar-refractivity contribution in [3.8, 4) is 0 Å². The molecule has 2 aromatic carbocycles. The third-order valence-electron chi connectivity index (χ3n) is 6.96. The zero-order valence-electron chi connectivity index (χ0n) is 19.7. The van der Waals surface area contributed by atoms with Crippen LogP contribution in [0.1, 0.15) is 28.8 Å². The number of carbonyl (C=O) groups is 2. The number of likely N-dealkylation sites (tertiary alicyclic amines) is 2. The Labute approximate surface area is 213 Å². The van der Waals surface area contributed by atoms with Gasteiger partial charge in [0.15, 0.2) is 9.84 Å². The molecule has 0 aliphatic carbocycles. The van der Waals surface area contributed by atoms with Gasteiger partial charge in [0, 0.05) is 43.0 Å². The second-order valence-corrected chi connectivity index (χ2v) is 11.9. The first kappa shape index (κ1) is 24.5. The summed E-state index contributed by atoms with van der Waals surface area (Å²) in [5.74, 6) is 0.611. The smallest absolute Gasteiger partial charge is 0.410 e. The number of amides is 2. The highest BCUT2D eigenvalue weighted by Gasteiger charge is 2.38. The van der Waals surface area contributed by atoms with E-state index in [2.05, 4.69) is 15.4 Å². The molecule has 2 atom stereocenters. The van der Waals surface area contributed by atoms with Crippen molar-refractivity contribution in [2.75, 3.05) is 32.4 Å². The van der Waals surface area contributed by atoms with Crippen LogP contribution in [0.3, 0.4) is 0 Å². The number of rotatable bonds is 4. The molecule has 2 aliphatic heterocycles. The average molecular weight is 532 g/mol. The summed E-state index contributed by atoms with van der Waals surface area (Å²) in [4.78, 5) is 29.5. The number of hydrogen-bond acceptors (Lipinski definition) is 7. The molecule has 1 aromatic heterocycles. The fourth-order valence-electron chi connectivity index (χ4n) is 5.01. The molecule has 0 radical (unpaired) electrons. The minimum atomic E-state index is -3.43. The monoisotopic (exact) mass is 531 g/mol. The highest BCUT2D eigenvalue weighted by Crippen LogP contribution is 2.33. The highest BCUT2D eigenvalue weighted by atomic mass is 35.5. The van der Waals surface area contributed by atoms with Crippen LogP contribution in [-0.2, 0) is 21.2 Å². The molecule has 10 nitrogen and oxygen atoms in total. The Morgan fingerprint density at radius 3 is 2.50 bits per heavy atom. The average Bonchev–Trinajstić information content (AvgIpc) is 3.43. The number of fused-ring (bicyclic) bond motifs is 2. The Hall–Kier alpha value is -3.18. The van der Waals surface area contributed by atoms with Crippen LogP contribution in [0, 0.1) is 11.8 Å². The molecule has 3 heterocycles.